The van der Waals surface area contributed by atoms with E-state index in [4.69, 9.17) is 18.9 Å². The number of hydrogen-bond donors (Lipinski definition) is 0. The molecule has 20 heavy (non-hydrogen) atoms. The first-order chi connectivity index (χ1) is 9.82. The largest absolute Gasteiger partial charge is 0.381 e. The van der Waals surface area contributed by atoms with Crippen molar-refractivity contribution in [1.29, 1.82) is 0 Å². The van der Waals surface area contributed by atoms with Crippen LogP contribution in [-0.2, 0) is 18.9 Å². The van der Waals surface area contributed by atoms with Crippen LogP contribution in [0, 0.1) is 17.8 Å². The Hall–Kier alpha value is -0.160. The molecule has 2 aliphatic heterocycles. The lowest BCUT2D eigenvalue weighted by atomic mass is 9.78. The third kappa shape index (κ3) is 2.21. The maximum atomic E-state index is 6.07. The van der Waals surface area contributed by atoms with Crippen molar-refractivity contribution in [3.8, 4) is 0 Å². The monoisotopic (exact) mass is 282 g/mol. The highest BCUT2D eigenvalue weighted by molar-refractivity contribution is 5.07. The van der Waals surface area contributed by atoms with Crippen LogP contribution >= 0.6 is 0 Å². The van der Waals surface area contributed by atoms with Crippen LogP contribution in [0.15, 0.2) is 0 Å². The Morgan fingerprint density at radius 1 is 1.15 bits per heavy atom. The molecule has 2 aliphatic carbocycles. The fraction of sp³-hybridized carbons (Fsp3) is 1.00. The summed E-state index contributed by atoms with van der Waals surface area (Å²) in [7, 11) is 0. The number of ether oxygens (including phenoxy) is 4. The molecule has 5 atom stereocenters. The molecule has 4 heteroatoms. The number of unbranched alkanes of at least 4 members (excludes halogenated alkanes) is 1. The molecule has 0 radical (unpaired) electrons. The highest BCUT2D eigenvalue weighted by atomic mass is 16.7. The third-order valence-corrected chi connectivity index (χ3v) is 5.68. The van der Waals surface area contributed by atoms with Crippen LogP contribution in [0.4, 0.5) is 0 Å². The molecule has 114 valence electrons. The van der Waals surface area contributed by atoms with Gasteiger partial charge in [-0.25, -0.2) is 0 Å². The first-order valence-corrected chi connectivity index (χ1v) is 8.33. The highest BCUT2D eigenvalue weighted by Crippen LogP contribution is 2.58. The zero-order valence-electron chi connectivity index (χ0n) is 12.4. The summed E-state index contributed by atoms with van der Waals surface area (Å²) in [6, 6.07) is 0. The van der Waals surface area contributed by atoms with Gasteiger partial charge in [0.1, 0.15) is 0 Å². The maximum Gasteiger partial charge on any atom is 0.174 e. The molecule has 0 aromatic carbocycles. The molecule has 4 nitrogen and oxygen atoms in total. The van der Waals surface area contributed by atoms with Gasteiger partial charge in [-0.3, -0.25) is 0 Å². The SMILES string of the molecule is CCCCOC[C@H]1[C@@H]2C[C@H]3O[C@H]3CC2CC12OCCO2. The van der Waals surface area contributed by atoms with Crippen molar-refractivity contribution in [3.63, 3.8) is 0 Å². The highest BCUT2D eigenvalue weighted by Gasteiger charge is 2.62. The minimum Gasteiger partial charge on any atom is -0.381 e. The predicted molar refractivity (Wildman–Crippen MR) is 73.3 cm³/mol. The van der Waals surface area contributed by atoms with Crippen molar-refractivity contribution < 1.29 is 18.9 Å². The lowest BCUT2D eigenvalue weighted by Gasteiger charge is -2.32. The van der Waals surface area contributed by atoms with Gasteiger partial charge in [-0.2, -0.15) is 0 Å². The maximum absolute atomic E-state index is 6.07. The summed E-state index contributed by atoms with van der Waals surface area (Å²) in [6.45, 7) is 5.34. The average Bonchev–Trinajstić information content (AvgIpc) is 2.93. The summed E-state index contributed by atoms with van der Waals surface area (Å²) in [4.78, 5) is 0. The summed E-state index contributed by atoms with van der Waals surface area (Å²) in [5.41, 5.74) is 0. The first kappa shape index (κ1) is 13.5. The first-order valence-electron chi connectivity index (χ1n) is 8.33. The molecule has 0 amide bonds. The van der Waals surface area contributed by atoms with E-state index in [0.717, 1.165) is 39.3 Å². The summed E-state index contributed by atoms with van der Waals surface area (Å²) in [6.07, 6.45) is 6.82. The summed E-state index contributed by atoms with van der Waals surface area (Å²) >= 11 is 0. The molecule has 4 fully saturated rings. The average molecular weight is 282 g/mol. The van der Waals surface area contributed by atoms with Gasteiger partial charge < -0.3 is 18.9 Å². The molecule has 0 aromatic heterocycles. The number of epoxide rings is 1. The van der Waals surface area contributed by atoms with E-state index in [0.29, 0.717) is 30.0 Å². The number of rotatable bonds is 5. The number of fused-ring (bicyclic) bond motifs is 2. The van der Waals surface area contributed by atoms with E-state index < -0.39 is 0 Å². The third-order valence-electron chi connectivity index (χ3n) is 5.68. The van der Waals surface area contributed by atoms with Gasteiger partial charge in [-0.15, -0.1) is 0 Å². The van der Waals surface area contributed by atoms with E-state index in [1.807, 2.05) is 0 Å². The zero-order valence-corrected chi connectivity index (χ0v) is 12.4. The fourth-order valence-corrected chi connectivity index (χ4v) is 4.61. The second-order valence-corrected chi connectivity index (χ2v) is 6.86. The lowest BCUT2D eigenvalue weighted by Crippen LogP contribution is -2.40. The minimum absolute atomic E-state index is 0.335. The second-order valence-electron chi connectivity index (χ2n) is 6.86. The van der Waals surface area contributed by atoms with Gasteiger partial charge >= 0.3 is 0 Å². The van der Waals surface area contributed by atoms with Crippen molar-refractivity contribution in [1.82, 2.24) is 0 Å². The quantitative estimate of drug-likeness (QED) is 0.573. The van der Waals surface area contributed by atoms with Crippen molar-refractivity contribution in [2.45, 2.75) is 57.0 Å². The van der Waals surface area contributed by atoms with Gasteiger partial charge in [-0.05, 0) is 31.1 Å². The van der Waals surface area contributed by atoms with Gasteiger partial charge in [0.2, 0.25) is 0 Å². The zero-order chi connectivity index (χ0) is 13.6. The van der Waals surface area contributed by atoms with E-state index in [-0.39, 0.29) is 5.79 Å². The van der Waals surface area contributed by atoms with Gasteiger partial charge in [0.15, 0.2) is 5.79 Å². The topological polar surface area (TPSA) is 40.2 Å². The predicted octanol–water partition coefficient (Wildman–Crippen LogP) is 2.36. The molecular weight excluding hydrogens is 256 g/mol. The molecule has 2 heterocycles. The molecule has 4 rings (SSSR count). The molecule has 2 saturated carbocycles. The smallest absolute Gasteiger partial charge is 0.174 e. The Morgan fingerprint density at radius 3 is 2.75 bits per heavy atom. The molecule has 0 aromatic rings. The van der Waals surface area contributed by atoms with Crippen LogP contribution in [-0.4, -0.2) is 44.4 Å². The molecule has 1 spiro atoms. The Labute approximate surface area is 121 Å². The molecular formula is C16H26O4. The fourth-order valence-electron chi connectivity index (χ4n) is 4.61. The van der Waals surface area contributed by atoms with Crippen LogP contribution in [0.1, 0.15) is 39.0 Å². The van der Waals surface area contributed by atoms with Gasteiger partial charge in [0.25, 0.3) is 0 Å². The van der Waals surface area contributed by atoms with E-state index in [1.54, 1.807) is 0 Å². The Kier molecular flexibility index (Phi) is 3.53. The molecule has 1 unspecified atom stereocenters. The van der Waals surface area contributed by atoms with Gasteiger partial charge in [-0.1, -0.05) is 13.3 Å². The van der Waals surface area contributed by atoms with Crippen LogP contribution in [0.5, 0.6) is 0 Å². The van der Waals surface area contributed by atoms with Crippen LogP contribution in [0.3, 0.4) is 0 Å². The van der Waals surface area contributed by atoms with Crippen molar-refractivity contribution in [3.05, 3.63) is 0 Å². The van der Waals surface area contributed by atoms with Crippen LogP contribution < -0.4 is 0 Å². The van der Waals surface area contributed by atoms with Crippen molar-refractivity contribution in [2.24, 2.45) is 17.8 Å². The Balaban J connectivity index is 1.45. The van der Waals surface area contributed by atoms with Crippen LogP contribution in [0.25, 0.3) is 0 Å². The summed E-state index contributed by atoms with van der Waals surface area (Å²) in [5, 5.41) is 0. The standard InChI is InChI=1S/C16H26O4/c1-2-3-4-17-10-13-12-8-15-14(20-15)7-11(12)9-16(13)18-5-6-19-16/h11-15H,2-10H2,1H3/t11?,12-,13+,14+,15-/m1/s1. The number of hydrogen-bond acceptors (Lipinski definition) is 4. The second kappa shape index (κ2) is 5.24. The molecule has 4 aliphatic rings. The van der Waals surface area contributed by atoms with Crippen LogP contribution in [0.2, 0.25) is 0 Å². The van der Waals surface area contributed by atoms with Gasteiger partial charge in [0, 0.05) is 18.9 Å². The van der Waals surface area contributed by atoms with E-state index in [2.05, 4.69) is 6.92 Å². The molecule has 0 bridgehead atoms. The molecule has 2 saturated heterocycles. The molecule has 0 N–H and O–H groups in total. The van der Waals surface area contributed by atoms with E-state index in [9.17, 15) is 0 Å². The lowest BCUT2D eigenvalue weighted by molar-refractivity contribution is -0.198. The van der Waals surface area contributed by atoms with E-state index >= 15 is 0 Å². The summed E-state index contributed by atoms with van der Waals surface area (Å²) < 4.78 is 23.8. The normalized spacial score (nSPS) is 44.5. The minimum atomic E-state index is -0.335. The summed E-state index contributed by atoms with van der Waals surface area (Å²) in [5.74, 6) is 1.44. The van der Waals surface area contributed by atoms with Crippen molar-refractivity contribution in [2.75, 3.05) is 26.4 Å². The Bertz CT molecular complexity index is 352. The Morgan fingerprint density at radius 2 is 1.95 bits per heavy atom. The van der Waals surface area contributed by atoms with E-state index in [1.165, 1.54) is 19.3 Å². The van der Waals surface area contributed by atoms with Gasteiger partial charge in [0.05, 0.1) is 32.0 Å². The van der Waals surface area contributed by atoms with Crippen molar-refractivity contribution >= 4 is 0 Å².